The van der Waals surface area contributed by atoms with E-state index in [0.717, 1.165) is 5.56 Å². The highest BCUT2D eigenvalue weighted by atomic mass is 19.2. The molecule has 1 amide bonds. The van der Waals surface area contributed by atoms with E-state index in [0.29, 0.717) is 6.07 Å². The van der Waals surface area contributed by atoms with Crippen molar-refractivity contribution in [3.05, 3.63) is 65.0 Å². The Morgan fingerprint density at radius 1 is 1.10 bits per heavy atom. The van der Waals surface area contributed by atoms with Crippen LogP contribution in [0.2, 0.25) is 0 Å². The summed E-state index contributed by atoms with van der Waals surface area (Å²) < 4.78 is 39.5. The van der Waals surface area contributed by atoms with Gasteiger partial charge in [-0.3, -0.25) is 4.79 Å². The zero-order valence-electron chi connectivity index (χ0n) is 10.2. The van der Waals surface area contributed by atoms with Crippen molar-refractivity contribution in [1.82, 2.24) is 5.32 Å². The first kappa shape index (κ1) is 13.9. The van der Waals surface area contributed by atoms with E-state index in [1.54, 1.807) is 30.3 Å². The molecule has 0 bridgehead atoms. The second-order valence-electron chi connectivity index (χ2n) is 4.05. The van der Waals surface area contributed by atoms with Crippen molar-refractivity contribution >= 4 is 5.91 Å². The molecule has 2 rings (SSSR count). The number of halogens is 3. The number of aromatic hydroxyl groups is 1. The largest absolute Gasteiger partial charge is 0.503 e. The summed E-state index contributed by atoms with van der Waals surface area (Å²) in [6.07, 6.45) is 0. The van der Waals surface area contributed by atoms with Crippen molar-refractivity contribution in [1.29, 1.82) is 0 Å². The van der Waals surface area contributed by atoms with Crippen LogP contribution in [0.15, 0.2) is 36.4 Å². The maximum Gasteiger partial charge on any atom is 0.254 e. The summed E-state index contributed by atoms with van der Waals surface area (Å²) in [7, 11) is 0. The van der Waals surface area contributed by atoms with Crippen molar-refractivity contribution in [2.75, 3.05) is 0 Å². The molecule has 0 unspecified atom stereocenters. The molecule has 0 radical (unpaired) electrons. The van der Waals surface area contributed by atoms with Crippen LogP contribution >= 0.6 is 0 Å². The van der Waals surface area contributed by atoms with Crippen LogP contribution in [0.1, 0.15) is 15.9 Å². The lowest BCUT2D eigenvalue weighted by Gasteiger charge is -2.08. The molecule has 0 saturated heterocycles. The molecule has 0 aliphatic rings. The van der Waals surface area contributed by atoms with Crippen molar-refractivity contribution < 1.29 is 23.1 Å². The fourth-order valence-electron chi connectivity index (χ4n) is 1.63. The Morgan fingerprint density at radius 2 is 1.75 bits per heavy atom. The fourth-order valence-corrected chi connectivity index (χ4v) is 1.63. The molecule has 0 fully saturated rings. The molecule has 2 aromatic rings. The number of hydrogen-bond donors (Lipinski definition) is 2. The van der Waals surface area contributed by atoms with E-state index in [9.17, 15) is 18.0 Å². The van der Waals surface area contributed by atoms with E-state index in [1.165, 1.54) is 0 Å². The average molecular weight is 281 g/mol. The van der Waals surface area contributed by atoms with Crippen LogP contribution in [0.5, 0.6) is 5.75 Å². The lowest BCUT2D eigenvalue weighted by molar-refractivity contribution is 0.0945. The Morgan fingerprint density at radius 3 is 2.40 bits per heavy atom. The lowest BCUT2D eigenvalue weighted by Crippen LogP contribution is -2.24. The van der Waals surface area contributed by atoms with E-state index in [4.69, 9.17) is 5.11 Å². The second kappa shape index (κ2) is 5.64. The summed E-state index contributed by atoms with van der Waals surface area (Å²) in [6, 6.07) is 9.18. The Kier molecular flexibility index (Phi) is 3.93. The molecule has 6 heteroatoms. The summed E-state index contributed by atoms with van der Waals surface area (Å²) in [4.78, 5) is 11.7. The van der Waals surface area contributed by atoms with Gasteiger partial charge in [-0.2, -0.15) is 4.39 Å². The first-order valence-corrected chi connectivity index (χ1v) is 5.69. The number of carbonyl (C=O) groups excluding carboxylic acids is 1. The van der Waals surface area contributed by atoms with Gasteiger partial charge in [0.05, 0.1) is 5.56 Å². The summed E-state index contributed by atoms with van der Waals surface area (Å²) in [5, 5.41) is 11.4. The molecule has 104 valence electrons. The topological polar surface area (TPSA) is 49.3 Å². The van der Waals surface area contributed by atoms with Gasteiger partial charge in [0.15, 0.2) is 17.4 Å². The predicted molar refractivity (Wildman–Crippen MR) is 65.6 cm³/mol. The van der Waals surface area contributed by atoms with Gasteiger partial charge in [0.2, 0.25) is 5.82 Å². The summed E-state index contributed by atoms with van der Waals surface area (Å²) >= 11 is 0. The quantitative estimate of drug-likeness (QED) is 0.850. The van der Waals surface area contributed by atoms with Crippen LogP contribution in [0, 0.1) is 17.5 Å². The van der Waals surface area contributed by atoms with E-state index < -0.39 is 34.7 Å². The Bertz CT molecular complexity index is 645. The van der Waals surface area contributed by atoms with Crippen LogP contribution in [0.3, 0.4) is 0 Å². The van der Waals surface area contributed by atoms with Gasteiger partial charge in [0, 0.05) is 6.54 Å². The highest BCUT2D eigenvalue weighted by Gasteiger charge is 2.22. The molecule has 0 aliphatic carbocycles. The number of carbonyl (C=O) groups is 1. The van der Waals surface area contributed by atoms with Crippen LogP contribution in [-0.4, -0.2) is 11.0 Å². The zero-order valence-corrected chi connectivity index (χ0v) is 10.2. The molecule has 2 N–H and O–H groups in total. The molecule has 0 aliphatic heterocycles. The lowest BCUT2D eigenvalue weighted by atomic mass is 10.1. The Hall–Kier alpha value is -2.50. The second-order valence-corrected chi connectivity index (χ2v) is 4.05. The van der Waals surface area contributed by atoms with E-state index in [1.807, 2.05) is 0 Å². The molecule has 0 heterocycles. The number of rotatable bonds is 3. The molecule has 3 nitrogen and oxygen atoms in total. The van der Waals surface area contributed by atoms with Crippen LogP contribution < -0.4 is 5.32 Å². The zero-order chi connectivity index (χ0) is 14.7. The summed E-state index contributed by atoms with van der Waals surface area (Å²) in [5.74, 6) is -7.15. The Balaban J connectivity index is 2.18. The number of benzene rings is 2. The molecule has 2 aromatic carbocycles. The van der Waals surface area contributed by atoms with Crippen molar-refractivity contribution in [3.63, 3.8) is 0 Å². The number of amides is 1. The molecule has 0 saturated carbocycles. The average Bonchev–Trinajstić information content (AvgIpc) is 2.47. The van der Waals surface area contributed by atoms with Crippen LogP contribution in [-0.2, 0) is 6.54 Å². The third-order valence-electron chi connectivity index (χ3n) is 2.67. The first-order valence-electron chi connectivity index (χ1n) is 5.69. The van der Waals surface area contributed by atoms with Crippen LogP contribution in [0.25, 0.3) is 0 Å². The standard InChI is InChI=1S/C14H10F3NO2/c15-10-6-9(11(16)13(19)12(10)17)14(20)18-7-8-4-2-1-3-5-8/h1-6,19H,7H2,(H,18,20). The normalized spacial score (nSPS) is 10.3. The fraction of sp³-hybridized carbons (Fsp3) is 0.0714. The van der Waals surface area contributed by atoms with Crippen molar-refractivity contribution in [2.45, 2.75) is 6.54 Å². The minimum atomic E-state index is -1.72. The van der Waals surface area contributed by atoms with Crippen molar-refractivity contribution in [2.24, 2.45) is 0 Å². The summed E-state index contributed by atoms with van der Waals surface area (Å²) in [5.41, 5.74) is 0.00500. The van der Waals surface area contributed by atoms with Gasteiger partial charge in [-0.1, -0.05) is 30.3 Å². The smallest absolute Gasteiger partial charge is 0.254 e. The SMILES string of the molecule is O=C(NCc1ccccc1)c1cc(F)c(F)c(O)c1F. The van der Waals surface area contributed by atoms with Crippen molar-refractivity contribution in [3.8, 4) is 5.75 Å². The van der Waals surface area contributed by atoms with Gasteiger partial charge in [0.25, 0.3) is 5.91 Å². The Labute approximate surface area is 112 Å². The van der Waals surface area contributed by atoms with Crippen LogP contribution in [0.4, 0.5) is 13.2 Å². The molecule has 0 spiro atoms. The molecule has 0 atom stereocenters. The monoisotopic (exact) mass is 281 g/mol. The summed E-state index contributed by atoms with van der Waals surface area (Å²) in [6.45, 7) is 0.0961. The highest BCUT2D eigenvalue weighted by molar-refractivity contribution is 5.94. The molecular weight excluding hydrogens is 271 g/mol. The van der Waals surface area contributed by atoms with E-state index >= 15 is 0 Å². The number of nitrogens with one attached hydrogen (secondary N) is 1. The molecule has 0 aromatic heterocycles. The molecule has 20 heavy (non-hydrogen) atoms. The van der Waals surface area contributed by atoms with E-state index in [2.05, 4.69) is 5.32 Å². The van der Waals surface area contributed by atoms with Gasteiger partial charge in [-0.05, 0) is 11.6 Å². The van der Waals surface area contributed by atoms with Gasteiger partial charge < -0.3 is 10.4 Å². The van der Waals surface area contributed by atoms with Gasteiger partial charge in [-0.15, -0.1) is 0 Å². The molecular formula is C14H10F3NO2. The van der Waals surface area contributed by atoms with Gasteiger partial charge >= 0.3 is 0 Å². The third-order valence-corrected chi connectivity index (χ3v) is 2.67. The number of hydrogen-bond acceptors (Lipinski definition) is 2. The minimum Gasteiger partial charge on any atom is -0.503 e. The highest BCUT2D eigenvalue weighted by Crippen LogP contribution is 2.25. The minimum absolute atomic E-state index is 0.0961. The third kappa shape index (κ3) is 2.74. The van der Waals surface area contributed by atoms with Gasteiger partial charge in [-0.25, -0.2) is 8.78 Å². The number of phenolic OH excluding ortho intramolecular Hbond substituents is 1. The first-order chi connectivity index (χ1) is 9.50. The predicted octanol–water partition coefficient (Wildman–Crippen LogP) is 2.74. The maximum atomic E-state index is 13.5. The van der Waals surface area contributed by atoms with Gasteiger partial charge in [0.1, 0.15) is 0 Å². The number of phenols is 1. The maximum absolute atomic E-state index is 13.5. The van der Waals surface area contributed by atoms with E-state index in [-0.39, 0.29) is 6.54 Å².